The van der Waals surface area contributed by atoms with Crippen molar-refractivity contribution in [1.29, 1.82) is 0 Å². The van der Waals surface area contributed by atoms with Gasteiger partial charge >= 0.3 is 0 Å². The summed E-state index contributed by atoms with van der Waals surface area (Å²) in [6, 6.07) is 0. The van der Waals surface area contributed by atoms with Gasteiger partial charge in [-0.2, -0.15) is 5.10 Å². The van der Waals surface area contributed by atoms with Crippen LogP contribution in [-0.4, -0.2) is 18.5 Å². The highest BCUT2D eigenvalue weighted by molar-refractivity contribution is 6.41. The largest absolute Gasteiger partial charge is 0.323 e. The van der Waals surface area contributed by atoms with Crippen LogP contribution >= 0.6 is 0 Å². The minimum atomic E-state index is 0.907. The average Bonchev–Trinajstić information content (AvgIpc) is 2.16. The van der Waals surface area contributed by atoms with Crippen molar-refractivity contribution in [2.75, 3.05) is 7.05 Å². The number of hydrazone groups is 1. The van der Waals surface area contributed by atoms with E-state index in [1.54, 1.807) is 7.05 Å². The van der Waals surface area contributed by atoms with Crippen LogP contribution in [0.2, 0.25) is 0 Å². The fraction of sp³-hybridized carbons (Fsp3) is 0.778. The molecule has 0 rings (SSSR count). The van der Waals surface area contributed by atoms with Crippen molar-refractivity contribution in [3.63, 3.8) is 0 Å². The first kappa shape index (κ1) is 13.7. The Morgan fingerprint density at radius 1 is 1.33 bits per heavy atom. The number of aliphatic imine (C=N–C) groups is 1. The number of hydrogen-bond donors (Lipinski definition) is 1. The van der Waals surface area contributed by atoms with Crippen molar-refractivity contribution >= 4 is 11.4 Å². The van der Waals surface area contributed by atoms with Gasteiger partial charge in [-0.1, -0.05) is 27.2 Å². The van der Waals surface area contributed by atoms with Gasteiger partial charge in [-0.05, 0) is 13.3 Å². The molecule has 0 saturated heterocycles. The third-order valence-corrected chi connectivity index (χ3v) is 1.40. The van der Waals surface area contributed by atoms with Gasteiger partial charge in [0.05, 0.1) is 11.4 Å². The van der Waals surface area contributed by atoms with E-state index in [2.05, 4.69) is 17.0 Å². The molecule has 3 heteroatoms. The molecule has 0 aromatic carbocycles. The molecule has 0 spiro atoms. The summed E-state index contributed by atoms with van der Waals surface area (Å²) in [5.41, 5.74) is 1.84. The Morgan fingerprint density at radius 2 is 1.83 bits per heavy atom. The zero-order valence-corrected chi connectivity index (χ0v) is 8.89. The van der Waals surface area contributed by atoms with Gasteiger partial charge in [0.2, 0.25) is 0 Å². The first-order valence-electron chi connectivity index (χ1n) is 4.46. The molecule has 0 aromatic heterocycles. The maximum atomic E-state index is 5.14. The standard InChI is InChI=1S/C7H15N3.C2H6/c1-4-5-7(10-8)6(2)9-3;1-2/h4-5,8H2,1-3H3;1-2H3/b9-6?,10-7-;. The minimum Gasteiger partial charge on any atom is -0.323 e. The van der Waals surface area contributed by atoms with E-state index in [1.165, 1.54) is 0 Å². The van der Waals surface area contributed by atoms with E-state index in [9.17, 15) is 0 Å². The van der Waals surface area contributed by atoms with Crippen LogP contribution in [0.1, 0.15) is 40.5 Å². The van der Waals surface area contributed by atoms with Gasteiger partial charge in [0.15, 0.2) is 0 Å². The number of hydrogen-bond acceptors (Lipinski definition) is 3. The minimum absolute atomic E-state index is 0.907. The Labute approximate surface area is 75.8 Å². The zero-order valence-electron chi connectivity index (χ0n) is 8.89. The summed E-state index contributed by atoms with van der Waals surface area (Å²) in [7, 11) is 1.75. The van der Waals surface area contributed by atoms with Crippen LogP contribution in [0, 0.1) is 0 Å². The summed E-state index contributed by atoms with van der Waals surface area (Å²) in [5, 5.41) is 3.63. The first-order chi connectivity index (χ1) is 5.76. The lowest BCUT2D eigenvalue weighted by Gasteiger charge is -1.99. The lowest BCUT2D eigenvalue weighted by atomic mass is 10.1. The van der Waals surface area contributed by atoms with Crippen molar-refractivity contribution in [2.24, 2.45) is 15.9 Å². The topological polar surface area (TPSA) is 50.7 Å². The molecule has 0 aromatic rings. The van der Waals surface area contributed by atoms with Crippen molar-refractivity contribution < 1.29 is 0 Å². The second-order valence-electron chi connectivity index (χ2n) is 2.13. The Morgan fingerprint density at radius 3 is 2.08 bits per heavy atom. The summed E-state index contributed by atoms with van der Waals surface area (Å²) in [6.07, 6.45) is 1.97. The molecule has 0 unspecified atom stereocenters. The van der Waals surface area contributed by atoms with E-state index in [1.807, 2.05) is 20.8 Å². The van der Waals surface area contributed by atoms with Gasteiger partial charge < -0.3 is 5.84 Å². The molecular weight excluding hydrogens is 150 g/mol. The molecule has 2 N–H and O–H groups in total. The third-order valence-electron chi connectivity index (χ3n) is 1.40. The summed E-state index contributed by atoms with van der Waals surface area (Å²) in [4.78, 5) is 3.98. The van der Waals surface area contributed by atoms with Crippen molar-refractivity contribution in [3.05, 3.63) is 0 Å². The molecule has 3 nitrogen and oxygen atoms in total. The predicted molar refractivity (Wildman–Crippen MR) is 56.9 cm³/mol. The number of nitrogens with two attached hydrogens (primary N) is 1. The smallest absolute Gasteiger partial charge is 0.0807 e. The Kier molecular flexibility index (Phi) is 11.6. The molecule has 0 bridgehead atoms. The highest BCUT2D eigenvalue weighted by atomic mass is 15.1. The molecule has 0 radical (unpaired) electrons. The van der Waals surface area contributed by atoms with Gasteiger partial charge in [0, 0.05) is 7.05 Å². The van der Waals surface area contributed by atoms with Crippen LogP contribution in [-0.2, 0) is 0 Å². The van der Waals surface area contributed by atoms with Gasteiger partial charge in [0.25, 0.3) is 0 Å². The summed E-state index contributed by atoms with van der Waals surface area (Å²) in [5.74, 6) is 5.14. The summed E-state index contributed by atoms with van der Waals surface area (Å²) >= 11 is 0. The second-order valence-corrected chi connectivity index (χ2v) is 2.13. The Bertz CT molecular complexity index is 148. The van der Waals surface area contributed by atoms with E-state index >= 15 is 0 Å². The summed E-state index contributed by atoms with van der Waals surface area (Å²) < 4.78 is 0. The Hall–Kier alpha value is -0.860. The van der Waals surface area contributed by atoms with Gasteiger partial charge in [-0.15, -0.1) is 0 Å². The molecule has 12 heavy (non-hydrogen) atoms. The van der Waals surface area contributed by atoms with Crippen LogP contribution in [0.15, 0.2) is 10.1 Å². The van der Waals surface area contributed by atoms with Gasteiger partial charge in [-0.3, -0.25) is 4.99 Å². The molecular formula is C9H21N3. The van der Waals surface area contributed by atoms with Crippen LogP contribution in [0.3, 0.4) is 0 Å². The normalized spacial score (nSPS) is 12.1. The maximum Gasteiger partial charge on any atom is 0.0807 e. The second kappa shape index (κ2) is 10.1. The molecule has 0 saturated carbocycles. The molecule has 0 aliphatic rings. The maximum absolute atomic E-state index is 5.14. The summed E-state index contributed by atoms with van der Waals surface area (Å²) in [6.45, 7) is 8.01. The van der Waals surface area contributed by atoms with Crippen LogP contribution < -0.4 is 5.84 Å². The van der Waals surface area contributed by atoms with E-state index in [4.69, 9.17) is 5.84 Å². The van der Waals surface area contributed by atoms with E-state index in [-0.39, 0.29) is 0 Å². The van der Waals surface area contributed by atoms with Gasteiger partial charge in [0.1, 0.15) is 0 Å². The van der Waals surface area contributed by atoms with E-state index in [0.717, 1.165) is 24.3 Å². The number of nitrogens with zero attached hydrogens (tertiary/aromatic N) is 2. The molecule has 0 fully saturated rings. The quantitative estimate of drug-likeness (QED) is 0.395. The molecule has 0 aliphatic heterocycles. The van der Waals surface area contributed by atoms with Crippen molar-refractivity contribution in [3.8, 4) is 0 Å². The van der Waals surface area contributed by atoms with E-state index in [0.29, 0.717) is 0 Å². The van der Waals surface area contributed by atoms with E-state index < -0.39 is 0 Å². The van der Waals surface area contributed by atoms with Gasteiger partial charge in [-0.25, -0.2) is 0 Å². The SMILES string of the molecule is CC.CCC/C(=N/N)C(C)=NC. The molecule has 72 valence electrons. The average molecular weight is 171 g/mol. The molecule has 0 heterocycles. The third kappa shape index (κ3) is 5.89. The number of rotatable bonds is 3. The highest BCUT2D eigenvalue weighted by Gasteiger charge is 1.99. The van der Waals surface area contributed by atoms with Crippen LogP contribution in [0.5, 0.6) is 0 Å². The first-order valence-corrected chi connectivity index (χ1v) is 4.46. The lowest BCUT2D eigenvalue weighted by molar-refractivity contribution is 0.989. The Balaban J connectivity index is 0. The van der Waals surface area contributed by atoms with Crippen molar-refractivity contribution in [1.82, 2.24) is 0 Å². The fourth-order valence-electron chi connectivity index (χ4n) is 0.705. The fourth-order valence-corrected chi connectivity index (χ4v) is 0.705. The molecule has 0 atom stereocenters. The molecule has 0 amide bonds. The highest BCUT2D eigenvalue weighted by Crippen LogP contribution is 1.93. The van der Waals surface area contributed by atoms with Crippen LogP contribution in [0.25, 0.3) is 0 Å². The lowest BCUT2D eigenvalue weighted by Crippen LogP contribution is -2.12. The predicted octanol–water partition coefficient (Wildman–Crippen LogP) is 2.22. The zero-order chi connectivity index (χ0) is 9.98. The monoisotopic (exact) mass is 171 g/mol. The molecule has 0 aliphatic carbocycles. The van der Waals surface area contributed by atoms with Crippen molar-refractivity contribution in [2.45, 2.75) is 40.5 Å². The van der Waals surface area contributed by atoms with Crippen LogP contribution in [0.4, 0.5) is 0 Å².